The van der Waals surface area contributed by atoms with Crippen molar-refractivity contribution in [1.82, 2.24) is 20.6 Å². The molecule has 0 radical (unpaired) electrons. The Morgan fingerprint density at radius 2 is 1.93 bits per heavy atom. The van der Waals surface area contributed by atoms with E-state index in [4.69, 9.17) is 4.74 Å². The molecule has 1 heterocycles. The van der Waals surface area contributed by atoms with Crippen LogP contribution in [0.4, 0.5) is 13.2 Å². The maximum absolute atomic E-state index is 13.2. The topological polar surface area (TPSA) is 76.1 Å². The van der Waals surface area contributed by atoms with Gasteiger partial charge >= 0.3 is 6.18 Å². The SMILES string of the molecule is COCCNCCNC(=O)C1CCc2nc(C)nc(C(F)(F)F)c2C1.Cl.Cl. The van der Waals surface area contributed by atoms with Gasteiger partial charge in [-0.15, -0.1) is 24.8 Å². The van der Waals surface area contributed by atoms with E-state index in [2.05, 4.69) is 20.6 Å². The molecule has 1 aliphatic carbocycles. The molecule has 27 heavy (non-hydrogen) atoms. The molecule has 0 aliphatic heterocycles. The number of carbonyl (C=O) groups is 1. The fourth-order valence-electron chi connectivity index (χ4n) is 2.91. The first-order valence-corrected chi connectivity index (χ1v) is 8.24. The van der Waals surface area contributed by atoms with Gasteiger partial charge in [0.05, 0.1) is 6.61 Å². The molecule has 0 spiro atoms. The molecular formula is C16H25Cl2F3N4O2. The molecule has 0 fully saturated rings. The van der Waals surface area contributed by atoms with Gasteiger partial charge in [0.2, 0.25) is 5.91 Å². The number of aromatic nitrogens is 2. The van der Waals surface area contributed by atoms with Crippen molar-refractivity contribution in [1.29, 1.82) is 0 Å². The maximum atomic E-state index is 13.2. The first-order valence-electron chi connectivity index (χ1n) is 8.24. The largest absolute Gasteiger partial charge is 0.433 e. The number of hydrogen-bond acceptors (Lipinski definition) is 5. The Kier molecular flexibility index (Phi) is 11.1. The molecule has 1 aromatic heterocycles. The molecule has 1 amide bonds. The number of methoxy groups -OCH3 is 1. The van der Waals surface area contributed by atoms with Gasteiger partial charge in [-0.25, -0.2) is 9.97 Å². The van der Waals surface area contributed by atoms with Crippen molar-refractivity contribution in [2.24, 2.45) is 5.92 Å². The van der Waals surface area contributed by atoms with Gasteiger partial charge in [-0.3, -0.25) is 4.79 Å². The molecule has 11 heteroatoms. The van der Waals surface area contributed by atoms with Gasteiger partial charge in [-0.2, -0.15) is 13.2 Å². The van der Waals surface area contributed by atoms with E-state index in [1.54, 1.807) is 7.11 Å². The number of hydrogen-bond donors (Lipinski definition) is 2. The molecule has 1 unspecified atom stereocenters. The van der Waals surface area contributed by atoms with Crippen molar-refractivity contribution in [3.05, 3.63) is 22.8 Å². The highest BCUT2D eigenvalue weighted by Crippen LogP contribution is 2.35. The highest BCUT2D eigenvalue weighted by molar-refractivity contribution is 5.85. The van der Waals surface area contributed by atoms with E-state index in [-0.39, 0.29) is 48.5 Å². The molecule has 1 aromatic rings. The van der Waals surface area contributed by atoms with Crippen LogP contribution in [0.2, 0.25) is 0 Å². The second kappa shape index (κ2) is 11.6. The molecule has 156 valence electrons. The molecular weight excluding hydrogens is 408 g/mol. The summed E-state index contributed by atoms with van der Waals surface area (Å²) in [5.74, 6) is -0.608. The average Bonchev–Trinajstić information content (AvgIpc) is 2.55. The Balaban J connectivity index is 0.00000338. The van der Waals surface area contributed by atoms with E-state index < -0.39 is 17.8 Å². The van der Waals surface area contributed by atoms with Crippen LogP contribution < -0.4 is 10.6 Å². The third-order valence-electron chi connectivity index (χ3n) is 4.11. The van der Waals surface area contributed by atoms with Gasteiger partial charge < -0.3 is 15.4 Å². The van der Waals surface area contributed by atoms with Crippen LogP contribution in [0.15, 0.2) is 0 Å². The van der Waals surface area contributed by atoms with E-state index in [0.29, 0.717) is 44.8 Å². The zero-order chi connectivity index (χ0) is 18.4. The van der Waals surface area contributed by atoms with Crippen LogP contribution in [-0.4, -0.2) is 49.2 Å². The van der Waals surface area contributed by atoms with Crippen molar-refractivity contribution in [2.75, 3.05) is 33.4 Å². The lowest BCUT2D eigenvalue weighted by atomic mass is 9.85. The van der Waals surface area contributed by atoms with Crippen LogP contribution in [-0.2, 0) is 28.5 Å². The monoisotopic (exact) mass is 432 g/mol. The minimum Gasteiger partial charge on any atom is -0.383 e. The lowest BCUT2D eigenvalue weighted by molar-refractivity contribution is -0.142. The van der Waals surface area contributed by atoms with Crippen molar-refractivity contribution in [2.45, 2.75) is 32.4 Å². The minimum atomic E-state index is -4.54. The standard InChI is InChI=1S/C16H23F3N4O2.2ClH/c1-10-22-13-4-3-11(9-12(13)14(23-10)16(17,18)19)15(24)21-6-5-20-7-8-25-2;;/h11,20H,3-9H2,1-2H3,(H,21,24);2*1H. The van der Waals surface area contributed by atoms with E-state index in [1.165, 1.54) is 6.92 Å². The summed E-state index contributed by atoms with van der Waals surface area (Å²) in [6, 6.07) is 0. The van der Waals surface area contributed by atoms with E-state index >= 15 is 0 Å². The lowest BCUT2D eigenvalue weighted by Crippen LogP contribution is -2.39. The number of aryl methyl sites for hydroxylation is 2. The van der Waals surface area contributed by atoms with Crippen LogP contribution in [0.25, 0.3) is 0 Å². The number of alkyl halides is 3. The molecule has 0 saturated carbocycles. The second-order valence-electron chi connectivity index (χ2n) is 6.02. The van der Waals surface area contributed by atoms with Crippen molar-refractivity contribution in [3.8, 4) is 0 Å². The molecule has 1 atom stereocenters. The summed E-state index contributed by atoms with van der Waals surface area (Å²) >= 11 is 0. The van der Waals surface area contributed by atoms with Crippen LogP contribution >= 0.6 is 24.8 Å². The molecule has 2 N–H and O–H groups in total. The summed E-state index contributed by atoms with van der Waals surface area (Å²) in [5, 5.41) is 5.85. The number of halogens is 5. The quantitative estimate of drug-likeness (QED) is 0.645. The first kappa shape index (κ1) is 25.8. The van der Waals surface area contributed by atoms with Crippen LogP contribution in [0, 0.1) is 12.8 Å². The number of rotatable bonds is 7. The molecule has 6 nitrogen and oxygen atoms in total. The minimum absolute atomic E-state index is 0. The first-order chi connectivity index (χ1) is 11.8. The number of nitrogens with one attached hydrogen (secondary N) is 2. The number of ether oxygens (including phenoxy) is 1. The number of nitrogens with zero attached hydrogens (tertiary/aromatic N) is 2. The third-order valence-corrected chi connectivity index (χ3v) is 4.11. The van der Waals surface area contributed by atoms with Crippen LogP contribution in [0.1, 0.15) is 29.2 Å². The zero-order valence-corrected chi connectivity index (χ0v) is 16.8. The number of fused-ring (bicyclic) bond motifs is 1. The lowest BCUT2D eigenvalue weighted by Gasteiger charge is -2.25. The van der Waals surface area contributed by atoms with Gasteiger partial charge in [0.1, 0.15) is 5.82 Å². The highest BCUT2D eigenvalue weighted by Gasteiger charge is 2.39. The average molecular weight is 433 g/mol. The Labute approximate surface area is 168 Å². The number of amides is 1. The second-order valence-corrected chi connectivity index (χ2v) is 6.02. The Bertz CT molecular complexity index is 618. The van der Waals surface area contributed by atoms with E-state index in [0.717, 1.165) is 0 Å². The van der Waals surface area contributed by atoms with Gasteiger partial charge in [0, 0.05) is 43.9 Å². The summed E-state index contributed by atoms with van der Waals surface area (Å²) in [6.07, 6.45) is -3.68. The summed E-state index contributed by atoms with van der Waals surface area (Å²) < 4.78 is 44.6. The third kappa shape index (κ3) is 7.40. The fraction of sp³-hybridized carbons (Fsp3) is 0.688. The number of carbonyl (C=O) groups excluding carboxylic acids is 1. The Hall–Kier alpha value is -1.16. The smallest absolute Gasteiger partial charge is 0.383 e. The van der Waals surface area contributed by atoms with Gasteiger partial charge in [-0.05, 0) is 26.2 Å². The van der Waals surface area contributed by atoms with Gasteiger partial charge in [-0.1, -0.05) is 0 Å². The highest BCUT2D eigenvalue weighted by atomic mass is 35.5. The van der Waals surface area contributed by atoms with E-state index in [1.807, 2.05) is 0 Å². The van der Waals surface area contributed by atoms with Crippen LogP contribution in [0.5, 0.6) is 0 Å². The molecule has 0 saturated heterocycles. The molecule has 2 rings (SSSR count). The van der Waals surface area contributed by atoms with E-state index in [9.17, 15) is 18.0 Å². The van der Waals surface area contributed by atoms with Crippen molar-refractivity contribution >= 4 is 30.7 Å². The van der Waals surface area contributed by atoms with Gasteiger partial charge in [0.25, 0.3) is 0 Å². The predicted molar refractivity (Wildman–Crippen MR) is 99.5 cm³/mol. The summed E-state index contributed by atoms with van der Waals surface area (Å²) in [6.45, 7) is 3.70. The fourth-order valence-corrected chi connectivity index (χ4v) is 2.91. The molecule has 1 aliphatic rings. The summed E-state index contributed by atoms with van der Waals surface area (Å²) in [5.41, 5.74) is -0.443. The van der Waals surface area contributed by atoms with Crippen molar-refractivity contribution in [3.63, 3.8) is 0 Å². The summed E-state index contributed by atoms with van der Waals surface area (Å²) in [4.78, 5) is 19.9. The normalized spacial score (nSPS) is 16.0. The molecule has 0 bridgehead atoms. The van der Waals surface area contributed by atoms with Crippen LogP contribution in [0.3, 0.4) is 0 Å². The predicted octanol–water partition coefficient (Wildman–Crippen LogP) is 2.10. The summed E-state index contributed by atoms with van der Waals surface area (Å²) in [7, 11) is 1.60. The van der Waals surface area contributed by atoms with Gasteiger partial charge in [0.15, 0.2) is 5.69 Å². The maximum Gasteiger partial charge on any atom is 0.433 e. The zero-order valence-electron chi connectivity index (χ0n) is 15.2. The molecule has 0 aromatic carbocycles. The Morgan fingerprint density at radius 1 is 1.22 bits per heavy atom. The van der Waals surface area contributed by atoms with Crippen molar-refractivity contribution < 1.29 is 22.7 Å². The Morgan fingerprint density at radius 3 is 2.56 bits per heavy atom.